The van der Waals surface area contributed by atoms with Gasteiger partial charge in [0.15, 0.2) is 5.78 Å². The van der Waals surface area contributed by atoms with Crippen molar-refractivity contribution in [2.45, 2.75) is 13.8 Å². The standard InChI is InChI=1S/C5H8O3.V/c1-4(6)3-8-5(2)7;/h3H2,1-2H3;. The molecule has 0 unspecified atom stereocenters. The van der Waals surface area contributed by atoms with Gasteiger partial charge in [-0.1, -0.05) is 0 Å². The Morgan fingerprint density at radius 1 is 1.33 bits per heavy atom. The van der Waals surface area contributed by atoms with Crippen LogP contribution in [0.15, 0.2) is 0 Å². The molecule has 0 amide bonds. The number of ketones is 1. The number of ether oxygens (including phenoxy) is 1. The summed E-state index contributed by atoms with van der Waals surface area (Å²) in [7, 11) is 0. The van der Waals surface area contributed by atoms with Crippen molar-refractivity contribution in [1.82, 2.24) is 0 Å². The van der Waals surface area contributed by atoms with Crippen LogP contribution in [0, 0.1) is 0 Å². The molecule has 0 aliphatic carbocycles. The summed E-state index contributed by atoms with van der Waals surface area (Å²) >= 11 is 0. The molecular formula is C5H8O3V. The largest absolute Gasteiger partial charge is 0.458 e. The van der Waals surface area contributed by atoms with Crippen LogP contribution >= 0.6 is 0 Å². The molecule has 0 saturated carbocycles. The second-order valence-corrected chi connectivity index (χ2v) is 1.48. The first kappa shape index (κ1) is 11.5. The fourth-order valence-electron chi connectivity index (χ4n) is 0.203. The topological polar surface area (TPSA) is 43.4 Å². The summed E-state index contributed by atoms with van der Waals surface area (Å²) in [6.45, 7) is 2.53. The molecule has 3 nitrogen and oxygen atoms in total. The zero-order valence-corrected chi connectivity index (χ0v) is 6.78. The molecule has 0 bridgehead atoms. The molecule has 51 valence electrons. The van der Waals surface area contributed by atoms with E-state index in [1.54, 1.807) is 0 Å². The number of Topliss-reactive ketones (excluding diaryl/α,β-unsaturated/α-hetero) is 1. The minimum absolute atomic E-state index is 0. The number of esters is 1. The van der Waals surface area contributed by atoms with E-state index in [4.69, 9.17) is 0 Å². The van der Waals surface area contributed by atoms with Gasteiger partial charge in [-0.2, -0.15) is 0 Å². The molecular weight excluding hydrogens is 159 g/mol. The Balaban J connectivity index is 0. The number of hydrogen-bond acceptors (Lipinski definition) is 3. The number of rotatable bonds is 2. The number of hydrogen-bond donors (Lipinski definition) is 0. The first-order valence-corrected chi connectivity index (χ1v) is 2.25. The number of carbonyl (C=O) groups excluding carboxylic acids is 2. The van der Waals surface area contributed by atoms with E-state index in [0.29, 0.717) is 0 Å². The van der Waals surface area contributed by atoms with E-state index in [9.17, 15) is 9.59 Å². The molecule has 0 fully saturated rings. The SMILES string of the molecule is CC(=O)COC(C)=O.[V]. The quantitative estimate of drug-likeness (QED) is 0.549. The van der Waals surface area contributed by atoms with Crippen molar-refractivity contribution in [1.29, 1.82) is 0 Å². The Labute approximate surface area is 65.6 Å². The first-order valence-electron chi connectivity index (χ1n) is 2.25. The summed E-state index contributed by atoms with van der Waals surface area (Å²) in [5.74, 6) is -0.555. The van der Waals surface area contributed by atoms with Crippen molar-refractivity contribution in [3.8, 4) is 0 Å². The monoisotopic (exact) mass is 167 g/mol. The molecule has 0 aliphatic rings. The van der Waals surface area contributed by atoms with E-state index < -0.39 is 5.97 Å². The molecule has 9 heavy (non-hydrogen) atoms. The average Bonchev–Trinajstić information content (AvgIpc) is 1.61. The Morgan fingerprint density at radius 2 is 1.78 bits per heavy atom. The Morgan fingerprint density at radius 3 is 1.89 bits per heavy atom. The van der Waals surface area contributed by atoms with Crippen molar-refractivity contribution >= 4 is 11.8 Å². The van der Waals surface area contributed by atoms with Gasteiger partial charge < -0.3 is 4.74 Å². The third-order valence-electron chi connectivity index (χ3n) is 0.479. The maximum atomic E-state index is 10.1. The van der Waals surface area contributed by atoms with Gasteiger partial charge in [-0.3, -0.25) is 9.59 Å². The van der Waals surface area contributed by atoms with Crippen LogP contribution in [0.4, 0.5) is 0 Å². The predicted molar refractivity (Wildman–Crippen MR) is 27.3 cm³/mol. The number of carbonyl (C=O) groups is 2. The average molecular weight is 167 g/mol. The van der Waals surface area contributed by atoms with E-state index in [1.807, 2.05) is 0 Å². The van der Waals surface area contributed by atoms with Gasteiger partial charge in [-0.25, -0.2) is 0 Å². The molecule has 0 rings (SSSR count). The third-order valence-corrected chi connectivity index (χ3v) is 0.479. The first-order chi connectivity index (χ1) is 3.63. The smallest absolute Gasteiger partial charge is 0.303 e. The van der Waals surface area contributed by atoms with E-state index in [-0.39, 0.29) is 30.9 Å². The van der Waals surface area contributed by atoms with Crippen LogP contribution in [0.3, 0.4) is 0 Å². The van der Waals surface area contributed by atoms with Crippen LogP contribution in [0.25, 0.3) is 0 Å². The van der Waals surface area contributed by atoms with Gasteiger partial charge in [0.1, 0.15) is 6.61 Å². The second kappa shape index (κ2) is 5.85. The van der Waals surface area contributed by atoms with Gasteiger partial charge in [0.05, 0.1) is 0 Å². The van der Waals surface area contributed by atoms with Gasteiger partial charge in [-0.15, -0.1) is 0 Å². The molecule has 0 N–H and O–H groups in total. The Kier molecular flexibility index (Phi) is 7.49. The van der Waals surface area contributed by atoms with Crippen molar-refractivity contribution in [3.05, 3.63) is 0 Å². The maximum absolute atomic E-state index is 10.1. The van der Waals surface area contributed by atoms with Crippen molar-refractivity contribution in [3.63, 3.8) is 0 Å². The van der Waals surface area contributed by atoms with Crippen LogP contribution in [0.1, 0.15) is 13.8 Å². The van der Waals surface area contributed by atoms with Crippen LogP contribution in [0.2, 0.25) is 0 Å². The van der Waals surface area contributed by atoms with Gasteiger partial charge in [0.2, 0.25) is 0 Å². The van der Waals surface area contributed by atoms with Crippen molar-refractivity contribution in [2.75, 3.05) is 6.61 Å². The fraction of sp³-hybridized carbons (Fsp3) is 0.600. The molecule has 0 aromatic rings. The van der Waals surface area contributed by atoms with E-state index in [1.165, 1.54) is 13.8 Å². The molecule has 0 aromatic heterocycles. The van der Waals surface area contributed by atoms with Crippen molar-refractivity contribution in [2.24, 2.45) is 0 Å². The van der Waals surface area contributed by atoms with E-state index in [2.05, 4.69) is 4.74 Å². The molecule has 0 aliphatic heterocycles. The zero-order valence-electron chi connectivity index (χ0n) is 5.38. The zero-order chi connectivity index (χ0) is 6.57. The maximum Gasteiger partial charge on any atom is 0.303 e. The molecule has 0 aromatic carbocycles. The van der Waals surface area contributed by atoms with Crippen LogP contribution in [-0.4, -0.2) is 18.4 Å². The summed E-state index contributed by atoms with van der Waals surface area (Å²) in [4.78, 5) is 20.0. The van der Waals surface area contributed by atoms with Crippen molar-refractivity contribution < 1.29 is 32.9 Å². The van der Waals surface area contributed by atoms with Gasteiger partial charge in [-0.05, 0) is 6.92 Å². The molecule has 4 heteroatoms. The van der Waals surface area contributed by atoms with Crippen LogP contribution in [-0.2, 0) is 32.9 Å². The Hall–Kier alpha value is -0.276. The normalized spacial score (nSPS) is 7.33. The minimum atomic E-state index is -0.416. The van der Waals surface area contributed by atoms with Crippen LogP contribution < -0.4 is 0 Å². The summed E-state index contributed by atoms with van der Waals surface area (Å²) in [5, 5.41) is 0. The van der Waals surface area contributed by atoms with Gasteiger partial charge >= 0.3 is 5.97 Å². The molecule has 0 spiro atoms. The van der Waals surface area contributed by atoms with Gasteiger partial charge in [0, 0.05) is 25.5 Å². The second-order valence-electron chi connectivity index (χ2n) is 1.48. The van der Waals surface area contributed by atoms with Crippen LogP contribution in [0.5, 0.6) is 0 Å². The summed E-state index contributed by atoms with van der Waals surface area (Å²) < 4.78 is 4.31. The third kappa shape index (κ3) is 11.3. The fourth-order valence-corrected chi connectivity index (χ4v) is 0.203. The van der Waals surface area contributed by atoms with Gasteiger partial charge in [0.25, 0.3) is 0 Å². The summed E-state index contributed by atoms with van der Waals surface area (Å²) in [5.41, 5.74) is 0. The predicted octanol–water partition coefficient (Wildman–Crippen LogP) is 0.136. The molecule has 0 atom stereocenters. The molecule has 0 heterocycles. The van der Waals surface area contributed by atoms with E-state index in [0.717, 1.165) is 0 Å². The summed E-state index contributed by atoms with van der Waals surface area (Å²) in [6, 6.07) is 0. The van der Waals surface area contributed by atoms with E-state index >= 15 is 0 Å². The minimum Gasteiger partial charge on any atom is -0.458 e. The molecule has 1 radical (unpaired) electrons. The Bertz CT molecular complexity index is 96.8. The molecule has 0 saturated heterocycles. The summed E-state index contributed by atoms with van der Waals surface area (Å²) in [6.07, 6.45) is 0.